The summed E-state index contributed by atoms with van der Waals surface area (Å²) in [5.74, 6) is -0.323. The highest BCUT2D eigenvalue weighted by molar-refractivity contribution is 5.89. The number of phenols is 1. The molecule has 0 spiro atoms. The average molecular weight is 236 g/mol. The molecule has 1 aromatic rings. The Morgan fingerprint density at radius 1 is 1.47 bits per heavy atom. The minimum absolute atomic E-state index is 0.0791. The zero-order valence-corrected chi connectivity index (χ0v) is 9.69. The van der Waals surface area contributed by atoms with Gasteiger partial charge in [-0.15, -0.1) is 0 Å². The fourth-order valence-corrected chi connectivity index (χ4v) is 1.96. The van der Waals surface area contributed by atoms with E-state index in [2.05, 4.69) is 15.4 Å². The molecule has 0 bridgehead atoms. The van der Waals surface area contributed by atoms with Gasteiger partial charge in [-0.2, -0.15) is 0 Å². The van der Waals surface area contributed by atoms with Crippen molar-refractivity contribution in [3.8, 4) is 5.75 Å². The van der Waals surface area contributed by atoms with Crippen LogP contribution < -0.4 is 10.6 Å². The second-order valence-corrected chi connectivity index (χ2v) is 3.98. The van der Waals surface area contributed by atoms with Gasteiger partial charge >= 0.3 is 5.97 Å². The molecule has 0 aliphatic carbocycles. The Hall–Kier alpha value is -1.59. The molecule has 1 fully saturated rings. The molecule has 5 nitrogen and oxygen atoms in total. The van der Waals surface area contributed by atoms with E-state index < -0.39 is 5.97 Å². The Morgan fingerprint density at radius 3 is 2.88 bits per heavy atom. The zero-order chi connectivity index (χ0) is 12.3. The van der Waals surface area contributed by atoms with Gasteiger partial charge in [-0.1, -0.05) is 6.07 Å². The number of carbonyl (C=O) groups is 1. The van der Waals surface area contributed by atoms with Crippen LogP contribution >= 0.6 is 0 Å². The Kier molecular flexibility index (Phi) is 3.61. The fourth-order valence-electron chi connectivity index (χ4n) is 1.96. The lowest BCUT2D eigenvalue weighted by atomic mass is 10.0. The van der Waals surface area contributed by atoms with Gasteiger partial charge in [0.25, 0.3) is 0 Å². The summed E-state index contributed by atoms with van der Waals surface area (Å²) >= 11 is 0. The van der Waals surface area contributed by atoms with Crippen molar-refractivity contribution in [3.05, 3.63) is 29.3 Å². The topological polar surface area (TPSA) is 70.6 Å². The smallest absolute Gasteiger partial charge is 0.337 e. The van der Waals surface area contributed by atoms with Gasteiger partial charge in [0.05, 0.1) is 12.7 Å². The molecule has 2 rings (SSSR count). The van der Waals surface area contributed by atoms with Crippen LogP contribution in [0.1, 0.15) is 22.0 Å². The van der Waals surface area contributed by atoms with Crippen LogP contribution in [0, 0.1) is 0 Å². The molecule has 0 saturated carbocycles. The SMILES string of the molecule is COC(=O)c1ccc(C2CNCCN2)c(O)c1. The summed E-state index contributed by atoms with van der Waals surface area (Å²) in [6.07, 6.45) is 0. The first-order chi connectivity index (χ1) is 8.22. The second kappa shape index (κ2) is 5.16. The number of hydrogen-bond acceptors (Lipinski definition) is 5. The first-order valence-corrected chi connectivity index (χ1v) is 5.57. The van der Waals surface area contributed by atoms with Crippen molar-refractivity contribution in [2.75, 3.05) is 26.7 Å². The normalized spacial score (nSPS) is 19.9. The van der Waals surface area contributed by atoms with Gasteiger partial charge in [-0.25, -0.2) is 4.79 Å². The molecule has 1 saturated heterocycles. The van der Waals surface area contributed by atoms with Crippen molar-refractivity contribution in [2.45, 2.75) is 6.04 Å². The van der Waals surface area contributed by atoms with Crippen molar-refractivity contribution in [3.63, 3.8) is 0 Å². The molecule has 1 unspecified atom stereocenters. The van der Waals surface area contributed by atoms with E-state index in [4.69, 9.17) is 0 Å². The monoisotopic (exact) mass is 236 g/mol. The molecule has 1 atom stereocenters. The van der Waals surface area contributed by atoms with E-state index in [0.717, 1.165) is 25.2 Å². The van der Waals surface area contributed by atoms with Crippen molar-refractivity contribution >= 4 is 5.97 Å². The summed E-state index contributed by atoms with van der Waals surface area (Å²) in [5.41, 5.74) is 1.15. The minimum atomic E-state index is -0.443. The van der Waals surface area contributed by atoms with Crippen molar-refractivity contribution in [2.24, 2.45) is 0 Å². The van der Waals surface area contributed by atoms with Crippen LogP contribution in [0.5, 0.6) is 5.75 Å². The predicted octanol–water partition coefficient (Wildman–Crippen LogP) is 0.413. The van der Waals surface area contributed by atoms with Crippen molar-refractivity contribution in [1.29, 1.82) is 0 Å². The maximum Gasteiger partial charge on any atom is 0.337 e. The van der Waals surface area contributed by atoms with Gasteiger partial charge in [0.2, 0.25) is 0 Å². The van der Waals surface area contributed by atoms with E-state index >= 15 is 0 Å². The van der Waals surface area contributed by atoms with E-state index in [0.29, 0.717) is 5.56 Å². The Balaban J connectivity index is 2.21. The number of ether oxygens (including phenoxy) is 1. The number of methoxy groups -OCH3 is 1. The Bertz CT molecular complexity index is 414. The fraction of sp³-hybridized carbons (Fsp3) is 0.417. The molecular weight excluding hydrogens is 220 g/mol. The van der Waals surface area contributed by atoms with E-state index in [1.54, 1.807) is 12.1 Å². The number of piperazine rings is 1. The molecule has 0 radical (unpaired) electrons. The first-order valence-electron chi connectivity index (χ1n) is 5.57. The molecular formula is C12H16N2O3. The van der Waals surface area contributed by atoms with Gasteiger partial charge in [0, 0.05) is 31.2 Å². The highest BCUT2D eigenvalue weighted by Crippen LogP contribution is 2.26. The predicted molar refractivity (Wildman–Crippen MR) is 63.1 cm³/mol. The van der Waals surface area contributed by atoms with Crippen molar-refractivity contribution in [1.82, 2.24) is 10.6 Å². The molecule has 1 aromatic carbocycles. The molecule has 1 aliphatic rings. The van der Waals surface area contributed by atoms with E-state index in [1.165, 1.54) is 13.2 Å². The maximum atomic E-state index is 11.3. The van der Waals surface area contributed by atoms with Crippen LogP contribution in [-0.4, -0.2) is 37.8 Å². The van der Waals surface area contributed by atoms with Crippen LogP contribution in [0.15, 0.2) is 18.2 Å². The molecule has 92 valence electrons. The van der Waals surface area contributed by atoms with Gasteiger partial charge in [0.15, 0.2) is 0 Å². The van der Waals surface area contributed by atoms with Gasteiger partial charge in [-0.05, 0) is 12.1 Å². The van der Waals surface area contributed by atoms with Gasteiger partial charge in [0.1, 0.15) is 5.75 Å². The third-order valence-electron chi connectivity index (χ3n) is 2.87. The molecule has 17 heavy (non-hydrogen) atoms. The lowest BCUT2D eigenvalue weighted by Gasteiger charge is -2.25. The molecule has 1 aliphatic heterocycles. The van der Waals surface area contributed by atoms with Crippen molar-refractivity contribution < 1.29 is 14.6 Å². The summed E-state index contributed by atoms with van der Waals surface area (Å²) in [6.45, 7) is 2.56. The summed E-state index contributed by atoms with van der Waals surface area (Å²) < 4.78 is 4.60. The third-order valence-corrected chi connectivity index (χ3v) is 2.87. The number of benzene rings is 1. The zero-order valence-electron chi connectivity index (χ0n) is 9.69. The highest BCUT2D eigenvalue weighted by Gasteiger charge is 2.18. The Morgan fingerprint density at radius 2 is 2.29 bits per heavy atom. The van der Waals surface area contributed by atoms with E-state index in [9.17, 15) is 9.90 Å². The summed E-state index contributed by atoms with van der Waals surface area (Å²) in [5, 5.41) is 16.5. The quantitative estimate of drug-likeness (QED) is 0.649. The number of hydrogen-bond donors (Lipinski definition) is 3. The number of rotatable bonds is 2. The number of aromatic hydroxyl groups is 1. The summed E-state index contributed by atoms with van der Waals surface area (Å²) in [7, 11) is 1.32. The van der Waals surface area contributed by atoms with Gasteiger partial charge < -0.3 is 20.5 Å². The number of phenolic OH excluding ortho intramolecular Hbond substituents is 1. The Labute approximate surface area is 99.8 Å². The van der Waals surface area contributed by atoms with Crippen LogP contribution in [0.2, 0.25) is 0 Å². The minimum Gasteiger partial charge on any atom is -0.508 e. The van der Waals surface area contributed by atoms with Crippen LogP contribution in [0.4, 0.5) is 0 Å². The largest absolute Gasteiger partial charge is 0.508 e. The maximum absolute atomic E-state index is 11.3. The average Bonchev–Trinajstić information content (AvgIpc) is 2.38. The highest BCUT2D eigenvalue weighted by atomic mass is 16.5. The molecule has 0 amide bonds. The second-order valence-electron chi connectivity index (χ2n) is 3.98. The van der Waals surface area contributed by atoms with Crippen LogP contribution in [0.3, 0.4) is 0 Å². The van der Waals surface area contributed by atoms with E-state index in [1.807, 2.05) is 0 Å². The van der Waals surface area contributed by atoms with Crippen LogP contribution in [-0.2, 0) is 4.74 Å². The van der Waals surface area contributed by atoms with Gasteiger partial charge in [-0.3, -0.25) is 0 Å². The summed E-state index contributed by atoms with van der Waals surface area (Å²) in [6, 6.07) is 4.94. The summed E-state index contributed by atoms with van der Waals surface area (Å²) in [4.78, 5) is 11.3. The third kappa shape index (κ3) is 2.57. The first kappa shape index (κ1) is 11.9. The van der Waals surface area contributed by atoms with Crippen LogP contribution in [0.25, 0.3) is 0 Å². The number of carbonyl (C=O) groups excluding carboxylic acids is 1. The number of esters is 1. The standard InChI is InChI=1S/C12H16N2O3/c1-17-12(16)8-2-3-9(11(15)6-8)10-7-13-4-5-14-10/h2-3,6,10,13-15H,4-5,7H2,1H3. The molecule has 5 heteroatoms. The molecule has 3 N–H and O–H groups in total. The lowest BCUT2D eigenvalue weighted by molar-refractivity contribution is 0.0600. The number of nitrogens with one attached hydrogen (secondary N) is 2. The van der Waals surface area contributed by atoms with E-state index in [-0.39, 0.29) is 11.8 Å². The molecule has 1 heterocycles. The lowest BCUT2D eigenvalue weighted by Crippen LogP contribution is -2.42. The molecule has 0 aromatic heterocycles.